The minimum atomic E-state index is 0.0101. The van der Waals surface area contributed by atoms with Gasteiger partial charge in [-0.15, -0.1) is 0 Å². The van der Waals surface area contributed by atoms with Gasteiger partial charge in [0.25, 0.3) is 5.91 Å². The first-order chi connectivity index (χ1) is 11.1. The number of aromatic nitrogens is 2. The van der Waals surface area contributed by atoms with Crippen molar-refractivity contribution in [2.45, 2.75) is 18.9 Å². The first-order valence-electron chi connectivity index (χ1n) is 7.55. The molecule has 23 heavy (non-hydrogen) atoms. The van der Waals surface area contributed by atoms with Crippen molar-refractivity contribution in [3.05, 3.63) is 46.2 Å². The molecular formula is C16H18Cl2N4O. The third kappa shape index (κ3) is 3.52. The summed E-state index contributed by atoms with van der Waals surface area (Å²) < 4.78 is 1.60. The van der Waals surface area contributed by atoms with Gasteiger partial charge in [-0.1, -0.05) is 23.2 Å². The van der Waals surface area contributed by atoms with Crippen LogP contribution >= 0.6 is 23.2 Å². The number of likely N-dealkylation sites (tertiary alicyclic amines) is 1. The smallest absolute Gasteiger partial charge is 0.257 e. The summed E-state index contributed by atoms with van der Waals surface area (Å²) in [5.41, 5.74) is 1.27. The van der Waals surface area contributed by atoms with Gasteiger partial charge < -0.3 is 10.2 Å². The molecule has 122 valence electrons. The third-order valence-corrected chi connectivity index (χ3v) is 4.71. The SMILES string of the molecule is CNC1CCN(C(=O)c2cnn(-c3ccc(Cl)cc3Cl)c2)CC1. The summed E-state index contributed by atoms with van der Waals surface area (Å²) in [7, 11) is 1.96. The largest absolute Gasteiger partial charge is 0.338 e. The number of benzene rings is 1. The van der Waals surface area contributed by atoms with Crippen molar-refractivity contribution in [3.63, 3.8) is 0 Å². The Hall–Kier alpha value is -1.56. The zero-order chi connectivity index (χ0) is 16.4. The molecule has 1 N–H and O–H groups in total. The fourth-order valence-electron chi connectivity index (χ4n) is 2.79. The van der Waals surface area contributed by atoms with E-state index in [1.807, 2.05) is 11.9 Å². The van der Waals surface area contributed by atoms with Crippen LogP contribution in [0.5, 0.6) is 0 Å². The molecule has 0 saturated carbocycles. The Bertz CT molecular complexity index is 708. The predicted molar refractivity (Wildman–Crippen MR) is 91.6 cm³/mol. The maximum absolute atomic E-state index is 12.6. The van der Waals surface area contributed by atoms with Crippen molar-refractivity contribution in [2.75, 3.05) is 20.1 Å². The standard InChI is InChI=1S/C16H18Cl2N4O/c1-19-13-4-6-21(7-5-13)16(23)11-9-20-22(10-11)15-3-2-12(17)8-14(15)18/h2-3,8-10,13,19H,4-7H2,1H3. The van der Waals surface area contributed by atoms with E-state index in [2.05, 4.69) is 10.4 Å². The van der Waals surface area contributed by atoms with E-state index in [1.165, 1.54) is 0 Å². The lowest BCUT2D eigenvalue weighted by Gasteiger charge is -2.31. The average Bonchev–Trinajstić information content (AvgIpc) is 3.04. The molecular weight excluding hydrogens is 335 g/mol. The number of rotatable bonds is 3. The van der Waals surface area contributed by atoms with Crippen LogP contribution in [0.2, 0.25) is 10.0 Å². The average molecular weight is 353 g/mol. The Kier molecular flexibility index (Phi) is 4.90. The van der Waals surface area contributed by atoms with Crippen molar-refractivity contribution < 1.29 is 4.79 Å². The number of piperidine rings is 1. The number of halogens is 2. The van der Waals surface area contributed by atoms with E-state index in [9.17, 15) is 4.79 Å². The normalized spacial score (nSPS) is 15.9. The van der Waals surface area contributed by atoms with Gasteiger partial charge in [-0.05, 0) is 38.1 Å². The van der Waals surface area contributed by atoms with E-state index >= 15 is 0 Å². The van der Waals surface area contributed by atoms with Gasteiger partial charge in [0, 0.05) is 30.4 Å². The molecule has 0 aliphatic carbocycles. The molecule has 0 atom stereocenters. The Morgan fingerprint density at radius 3 is 2.70 bits per heavy atom. The van der Waals surface area contributed by atoms with Gasteiger partial charge in [-0.25, -0.2) is 4.68 Å². The summed E-state index contributed by atoms with van der Waals surface area (Å²) in [4.78, 5) is 14.5. The van der Waals surface area contributed by atoms with Gasteiger partial charge in [-0.2, -0.15) is 5.10 Å². The Balaban J connectivity index is 1.75. The van der Waals surface area contributed by atoms with Crippen LogP contribution in [-0.4, -0.2) is 46.8 Å². The highest BCUT2D eigenvalue weighted by Crippen LogP contribution is 2.24. The number of hydrogen-bond acceptors (Lipinski definition) is 3. The van der Waals surface area contributed by atoms with Gasteiger partial charge in [0.2, 0.25) is 0 Å². The van der Waals surface area contributed by atoms with Crippen molar-refractivity contribution >= 4 is 29.1 Å². The zero-order valence-electron chi connectivity index (χ0n) is 12.8. The van der Waals surface area contributed by atoms with Gasteiger partial charge in [0.15, 0.2) is 0 Å². The minimum absolute atomic E-state index is 0.0101. The summed E-state index contributed by atoms with van der Waals surface area (Å²) in [6.07, 6.45) is 5.23. The molecule has 1 aliphatic rings. The highest BCUT2D eigenvalue weighted by Gasteiger charge is 2.23. The van der Waals surface area contributed by atoms with Crippen LogP contribution in [0, 0.1) is 0 Å². The molecule has 0 spiro atoms. The molecule has 1 aromatic carbocycles. The molecule has 3 rings (SSSR count). The summed E-state index contributed by atoms with van der Waals surface area (Å²) in [6, 6.07) is 5.68. The molecule has 1 fully saturated rings. The van der Waals surface area contributed by atoms with Crippen LogP contribution in [0.1, 0.15) is 23.2 Å². The van der Waals surface area contributed by atoms with Crippen LogP contribution in [0.15, 0.2) is 30.6 Å². The highest BCUT2D eigenvalue weighted by molar-refractivity contribution is 6.35. The molecule has 1 aliphatic heterocycles. The van der Waals surface area contributed by atoms with Crippen LogP contribution in [-0.2, 0) is 0 Å². The topological polar surface area (TPSA) is 50.2 Å². The Morgan fingerprint density at radius 2 is 2.04 bits per heavy atom. The molecule has 1 aromatic heterocycles. The van der Waals surface area contributed by atoms with Crippen molar-refractivity contribution in [1.82, 2.24) is 20.0 Å². The number of carbonyl (C=O) groups is 1. The summed E-state index contributed by atoms with van der Waals surface area (Å²) in [5, 5.41) is 8.57. The third-order valence-electron chi connectivity index (χ3n) is 4.18. The molecule has 2 aromatic rings. The minimum Gasteiger partial charge on any atom is -0.338 e. The van der Waals surface area contributed by atoms with E-state index < -0.39 is 0 Å². The van der Waals surface area contributed by atoms with E-state index in [0.717, 1.165) is 25.9 Å². The van der Waals surface area contributed by atoms with Crippen LogP contribution in [0.3, 0.4) is 0 Å². The number of nitrogens with one attached hydrogen (secondary N) is 1. The Morgan fingerprint density at radius 1 is 1.30 bits per heavy atom. The number of amides is 1. The van der Waals surface area contributed by atoms with E-state index in [-0.39, 0.29) is 5.91 Å². The second-order valence-electron chi connectivity index (χ2n) is 5.62. The van der Waals surface area contributed by atoms with Crippen molar-refractivity contribution in [3.8, 4) is 5.69 Å². The lowest BCUT2D eigenvalue weighted by atomic mass is 10.0. The van der Waals surface area contributed by atoms with E-state index in [0.29, 0.717) is 27.3 Å². The number of hydrogen-bond donors (Lipinski definition) is 1. The van der Waals surface area contributed by atoms with Gasteiger partial charge in [0.05, 0.1) is 22.5 Å². The maximum Gasteiger partial charge on any atom is 0.257 e. The fraction of sp³-hybridized carbons (Fsp3) is 0.375. The second-order valence-corrected chi connectivity index (χ2v) is 6.47. The quantitative estimate of drug-likeness (QED) is 0.923. The van der Waals surface area contributed by atoms with Gasteiger partial charge in [0.1, 0.15) is 0 Å². The first-order valence-corrected chi connectivity index (χ1v) is 8.30. The first kappa shape index (κ1) is 16.3. The molecule has 5 nitrogen and oxygen atoms in total. The van der Waals surface area contributed by atoms with Crippen molar-refractivity contribution in [1.29, 1.82) is 0 Å². The fourth-order valence-corrected chi connectivity index (χ4v) is 3.28. The molecule has 1 amide bonds. The monoisotopic (exact) mass is 352 g/mol. The molecule has 0 radical (unpaired) electrons. The van der Waals surface area contributed by atoms with E-state index in [1.54, 1.807) is 35.3 Å². The Labute approximate surface area is 145 Å². The summed E-state index contributed by atoms with van der Waals surface area (Å²) >= 11 is 12.1. The summed E-state index contributed by atoms with van der Waals surface area (Å²) in [5.74, 6) is 0.0101. The predicted octanol–water partition coefficient (Wildman–Crippen LogP) is 3.00. The zero-order valence-corrected chi connectivity index (χ0v) is 14.3. The van der Waals surface area contributed by atoms with Crippen LogP contribution < -0.4 is 5.32 Å². The lowest BCUT2D eigenvalue weighted by Crippen LogP contribution is -2.43. The summed E-state index contributed by atoms with van der Waals surface area (Å²) in [6.45, 7) is 1.52. The molecule has 0 unspecified atom stereocenters. The molecule has 0 bridgehead atoms. The maximum atomic E-state index is 12.6. The number of nitrogens with zero attached hydrogens (tertiary/aromatic N) is 3. The second kappa shape index (κ2) is 6.91. The van der Waals surface area contributed by atoms with E-state index in [4.69, 9.17) is 23.2 Å². The number of carbonyl (C=O) groups excluding carboxylic acids is 1. The van der Waals surface area contributed by atoms with Crippen LogP contribution in [0.25, 0.3) is 5.69 Å². The molecule has 1 saturated heterocycles. The highest BCUT2D eigenvalue weighted by atomic mass is 35.5. The van der Waals surface area contributed by atoms with Gasteiger partial charge >= 0.3 is 0 Å². The lowest BCUT2D eigenvalue weighted by molar-refractivity contribution is 0.0707. The molecule has 7 heteroatoms. The van der Waals surface area contributed by atoms with Gasteiger partial charge in [-0.3, -0.25) is 4.79 Å². The van der Waals surface area contributed by atoms with Crippen molar-refractivity contribution in [2.24, 2.45) is 0 Å². The van der Waals surface area contributed by atoms with Crippen LogP contribution in [0.4, 0.5) is 0 Å². The molecule has 2 heterocycles.